The van der Waals surface area contributed by atoms with Crippen LogP contribution >= 0.6 is 0 Å². The Kier molecular flexibility index (Phi) is 4.48. The topological polar surface area (TPSA) is 69.3 Å². The van der Waals surface area contributed by atoms with Crippen molar-refractivity contribution in [1.29, 1.82) is 0 Å². The number of amides is 1. The number of rotatable bonds is 3. The van der Waals surface area contributed by atoms with Crippen molar-refractivity contribution >= 4 is 22.5 Å². The van der Waals surface area contributed by atoms with Gasteiger partial charge in [0.2, 0.25) is 5.52 Å². The van der Waals surface area contributed by atoms with E-state index in [9.17, 15) is 18.0 Å². The number of hydrogen-bond acceptors (Lipinski definition) is 2. The van der Waals surface area contributed by atoms with Crippen LogP contribution in [0.15, 0.2) is 18.2 Å². The molecule has 1 heterocycles. The van der Waals surface area contributed by atoms with Crippen molar-refractivity contribution in [3.8, 4) is 0 Å². The molecule has 0 unspecified atom stereocenters. The Morgan fingerprint density at radius 1 is 1.21 bits per heavy atom. The highest BCUT2D eigenvalue weighted by Gasteiger charge is 2.28. The summed E-state index contributed by atoms with van der Waals surface area (Å²) in [6.07, 6.45) is -4.30. The average molecular weight is 340 g/mol. The molecule has 130 valence electrons. The lowest BCUT2D eigenvalue weighted by Crippen LogP contribution is -2.27. The molecule has 0 atom stereocenters. The van der Waals surface area contributed by atoms with Crippen LogP contribution < -0.4 is 16.0 Å². The number of pyridine rings is 1. The third kappa shape index (κ3) is 3.96. The van der Waals surface area contributed by atoms with Crippen LogP contribution in [0.1, 0.15) is 42.4 Å². The molecule has 7 heteroatoms. The molecule has 4 nitrogen and oxygen atoms in total. The van der Waals surface area contributed by atoms with Crippen LogP contribution in [0.3, 0.4) is 0 Å². The number of aromatic nitrogens is 1. The minimum atomic E-state index is -4.30. The summed E-state index contributed by atoms with van der Waals surface area (Å²) < 4.78 is 37.5. The monoisotopic (exact) mass is 340 g/mol. The van der Waals surface area contributed by atoms with E-state index in [0.29, 0.717) is 11.2 Å². The maximum atomic E-state index is 12.5. The van der Waals surface area contributed by atoms with Gasteiger partial charge in [-0.1, -0.05) is 20.8 Å². The first-order valence-corrected chi connectivity index (χ1v) is 7.50. The number of aromatic amines is 1. The van der Waals surface area contributed by atoms with Crippen LogP contribution in [0.2, 0.25) is 0 Å². The van der Waals surface area contributed by atoms with E-state index in [1.807, 2.05) is 20.8 Å². The number of halogens is 3. The summed E-state index contributed by atoms with van der Waals surface area (Å²) in [5.74, 6) is -0.584. The summed E-state index contributed by atoms with van der Waals surface area (Å²) in [5, 5.41) is 3.17. The van der Waals surface area contributed by atoms with Crippen LogP contribution in [0.4, 0.5) is 18.9 Å². The largest absolute Gasteiger partial charge is 0.405 e. The molecule has 0 radical (unpaired) electrons. The first-order valence-electron chi connectivity index (χ1n) is 7.50. The Labute approximate surface area is 138 Å². The van der Waals surface area contributed by atoms with Crippen LogP contribution in [-0.4, -0.2) is 18.6 Å². The molecule has 0 bridgehead atoms. The van der Waals surface area contributed by atoms with Gasteiger partial charge in [-0.3, -0.25) is 4.79 Å². The van der Waals surface area contributed by atoms with E-state index in [4.69, 9.17) is 5.73 Å². The standard InChI is InChI=1S/C17H20F3N3O/c1-9-5-13(15(21)24)23-14-11(9)6-10(22-8-17(18,19)20)7-12(14)16(2,3)4/h5-7,22H,8H2,1-4H3,(H2,21,24)/p+1. The first kappa shape index (κ1) is 18.0. The molecular weight excluding hydrogens is 319 g/mol. The van der Waals surface area contributed by atoms with Gasteiger partial charge in [0.15, 0.2) is 0 Å². The lowest BCUT2D eigenvalue weighted by atomic mass is 9.84. The minimum Gasteiger partial charge on any atom is -0.376 e. The van der Waals surface area contributed by atoms with Crippen LogP contribution in [-0.2, 0) is 5.41 Å². The molecular formula is C17H21F3N3O+. The lowest BCUT2D eigenvalue weighted by molar-refractivity contribution is -0.349. The molecule has 4 N–H and O–H groups in total. The molecule has 0 saturated carbocycles. The second-order valence-corrected chi connectivity index (χ2v) is 6.90. The fourth-order valence-electron chi connectivity index (χ4n) is 2.58. The summed E-state index contributed by atoms with van der Waals surface area (Å²) in [5.41, 5.74) is 7.93. The third-order valence-corrected chi connectivity index (χ3v) is 3.75. The zero-order valence-electron chi connectivity index (χ0n) is 14.1. The average Bonchev–Trinajstić information content (AvgIpc) is 2.42. The Morgan fingerprint density at radius 2 is 1.83 bits per heavy atom. The van der Waals surface area contributed by atoms with Gasteiger partial charge in [-0.25, -0.2) is 0 Å². The highest BCUT2D eigenvalue weighted by Crippen LogP contribution is 2.32. The fourth-order valence-corrected chi connectivity index (χ4v) is 2.58. The number of nitrogens with two attached hydrogens (primary N) is 1. The number of carbonyl (C=O) groups is 1. The predicted octanol–water partition coefficient (Wildman–Crippen LogP) is 3.33. The van der Waals surface area contributed by atoms with E-state index in [0.717, 1.165) is 16.5 Å². The number of hydrogen-bond donors (Lipinski definition) is 2. The van der Waals surface area contributed by atoms with Gasteiger partial charge >= 0.3 is 12.1 Å². The van der Waals surface area contributed by atoms with Crippen molar-refractivity contribution in [2.75, 3.05) is 11.9 Å². The second-order valence-electron chi connectivity index (χ2n) is 6.90. The van der Waals surface area contributed by atoms with Gasteiger partial charge < -0.3 is 11.1 Å². The zero-order chi connectivity index (χ0) is 18.3. The Morgan fingerprint density at radius 3 is 2.33 bits per heavy atom. The number of nitrogens with one attached hydrogen (secondary N) is 2. The Hall–Kier alpha value is -2.31. The molecule has 0 saturated heterocycles. The SMILES string of the molecule is Cc1cc(C(N)=O)[nH+]c2c(C(C)(C)C)cc(NCC(F)(F)F)cc12. The van der Waals surface area contributed by atoms with E-state index in [1.165, 1.54) is 0 Å². The molecule has 0 aliphatic heterocycles. The number of aryl methyl sites for hydroxylation is 1. The highest BCUT2D eigenvalue weighted by atomic mass is 19.4. The molecule has 1 amide bonds. The summed E-state index contributed by atoms with van der Waals surface area (Å²) in [7, 11) is 0. The summed E-state index contributed by atoms with van der Waals surface area (Å²) in [6.45, 7) is 6.55. The van der Waals surface area contributed by atoms with Crippen LogP contribution in [0.25, 0.3) is 10.9 Å². The van der Waals surface area contributed by atoms with Gasteiger partial charge in [0.1, 0.15) is 6.54 Å². The first-order chi connectivity index (χ1) is 10.9. The Bertz CT molecular complexity index is 792. The number of primary amides is 1. The van der Waals surface area contributed by atoms with E-state index < -0.39 is 18.6 Å². The number of alkyl halides is 3. The number of carbonyl (C=O) groups excluding carboxylic acids is 1. The molecule has 1 aromatic carbocycles. The van der Waals surface area contributed by atoms with Gasteiger partial charge in [-0.05, 0) is 30.0 Å². The number of anilines is 1. The molecule has 24 heavy (non-hydrogen) atoms. The number of benzene rings is 1. The van der Waals surface area contributed by atoms with E-state index in [1.54, 1.807) is 25.1 Å². The van der Waals surface area contributed by atoms with Crippen molar-refractivity contribution in [2.24, 2.45) is 5.73 Å². The molecule has 0 fully saturated rings. The Balaban J connectivity index is 2.68. The lowest BCUT2D eigenvalue weighted by Gasteiger charge is -2.21. The molecule has 0 spiro atoms. The molecule has 0 aliphatic rings. The maximum absolute atomic E-state index is 12.5. The van der Waals surface area contributed by atoms with E-state index in [-0.39, 0.29) is 11.1 Å². The molecule has 2 rings (SSSR count). The molecule has 1 aromatic heterocycles. The highest BCUT2D eigenvalue weighted by molar-refractivity contribution is 5.93. The van der Waals surface area contributed by atoms with Crippen molar-refractivity contribution in [1.82, 2.24) is 0 Å². The van der Waals surface area contributed by atoms with E-state index >= 15 is 0 Å². The van der Waals surface area contributed by atoms with Gasteiger partial charge in [0, 0.05) is 17.3 Å². The molecule has 2 aromatic rings. The molecule has 0 aliphatic carbocycles. The predicted molar refractivity (Wildman–Crippen MR) is 87.0 cm³/mol. The van der Waals surface area contributed by atoms with Gasteiger partial charge in [0.05, 0.1) is 5.39 Å². The van der Waals surface area contributed by atoms with Gasteiger partial charge in [0.25, 0.3) is 5.69 Å². The van der Waals surface area contributed by atoms with Gasteiger partial charge in [-0.15, -0.1) is 0 Å². The second kappa shape index (κ2) is 5.96. The van der Waals surface area contributed by atoms with Crippen LogP contribution in [0.5, 0.6) is 0 Å². The van der Waals surface area contributed by atoms with Crippen molar-refractivity contribution < 1.29 is 22.9 Å². The summed E-state index contributed by atoms with van der Waals surface area (Å²) in [6, 6.07) is 4.92. The fraction of sp³-hybridized carbons (Fsp3) is 0.412. The van der Waals surface area contributed by atoms with Crippen molar-refractivity contribution in [3.05, 3.63) is 35.0 Å². The summed E-state index contributed by atoms with van der Waals surface area (Å²) in [4.78, 5) is 14.5. The number of H-pyrrole nitrogens is 1. The van der Waals surface area contributed by atoms with Crippen molar-refractivity contribution in [3.63, 3.8) is 0 Å². The zero-order valence-corrected chi connectivity index (χ0v) is 14.1. The normalized spacial score (nSPS) is 12.5. The number of fused-ring (bicyclic) bond motifs is 1. The van der Waals surface area contributed by atoms with E-state index in [2.05, 4.69) is 10.3 Å². The van der Waals surface area contributed by atoms with Crippen molar-refractivity contribution in [2.45, 2.75) is 39.3 Å². The third-order valence-electron chi connectivity index (χ3n) is 3.75. The van der Waals surface area contributed by atoms with Gasteiger partial charge in [-0.2, -0.15) is 18.2 Å². The quantitative estimate of drug-likeness (QED) is 0.900. The van der Waals surface area contributed by atoms with Crippen LogP contribution in [0, 0.1) is 6.92 Å². The maximum Gasteiger partial charge on any atom is 0.405 e. The minimum absolute atomic E-state index is 0.265. The summed E-state index contributed by atoms with van der Waals surface area (Å²) >= 11 is 0. The smallest absolute Gasteiger partial charge is 0.376 e.